The molecule has 0 saturated carbocycles. The Labute approximate surface area is 203 Å². The number of hydrogen-bond donors (Lipinski definition) is 3. The maximum atomic E-state index is 13.6. The summed E-state index contributed by atoms with van der Waals surface area (Å²) in [6.07, 6.45) is 0.650. The minimum Gasteiger partial charge on any atom is -0.481 e. The predicted molar refractivity (Wildman–Crippen MR) is 130 cm³/mol. The van der Waals surface area contributed by atoms with Crippen LogP contribution in [0.4, 0.5) is 4.39 Å². The third-order valence-electron chi connectivity index (χ3n) is 5.32. The lowest BCUT2D eigenvalue weighted by Gasteiger charge is -2.14. The van der Waals surface area contributed by atoms with Crippen LogP contribution in [0.15, 0.2) is 60.7 Å². The Morgan fingerprint density at radius 3 is 2.29 bits per heavy atom. The molecule has 1 heterocycles. The molecule has 0 amide bonds. The number of nitrogens with zero attached hydrogens (tertiary/aromatic N) is 2. The normalized spacial score (nSPS) is 13.5. The fraction of sp³-hybridized carbons (Fsp3) is 0.308. The molecule has 8 heteroatoms. The first-order valence-corrected chi connectivity index (χ1v) is 11.4. The zero-order valence-corrected chi connectivity index (χ0v) is 19.8. The smallest absolute Gasteiger partial charge is 0.305 e. The topological polar surface area (TPSA) is 95.6 Å². The lowest BCUT2D eigenvalue weighted by Crippen LogP contribution is -2.19. The molecule has 0 saturated heterocycles. The SMILES string of the molecule is CC(C)c1nc(-c2ccc(Cl)cc2)c(-c2ccc(F)cc2)n1CC=CC(O)CC(O)CC(=O)O. The number of imidazole rings is 1. The van der Waals surface area contributed by atoms with Crippen molar-refractivity contribution in [2.24, 2.45) is 0 Å². The molecule has 2 aromatic carbocycles. The van der Waals surface area contributed by atoms with Crippen molar-refractivity contribution in [2.75, 3.05) is 0 Å². The van der Waals surface area contributed by atoms with E-state index in [9.17, 15) is 19.4 Å². The van der Waals surface area contributed by atoms with E-state index in [4.69, 9.17) is 21.7 Å². The van der Waals surface area contributed by atoms with Crippen LogP contribution in [0.2, 0.25) is 5.02 Å². The number of halogens is 2. The standard InChI is InChI=1S/C26H28ClFN2O4/c1-16(2)26-29-24(17-5-9-19(27)10-6-17)25(18-7-11-20(28)12-8-18)30(26)13-3-4-21(31)14-22(32)15-23(33)34/h3-12,16,21-22,31-32H,13-15H2,1-2H3,(H,33,34). The highest BCUT2D eigenvalue weighted by atomic mass is 35.5. The fourth-order valence-electron chi connectivity index (χ4n) is 3.77. The molecule has 180 valence electrons. The van der Waals surface area contributed by atoms with Gasteiger partial charge < -0.3 is 19.9 Å². The summed E-state index contributed by atoms with van der Waals surface area (Å²) in [5, 5.41) is 29.3. The van der Waals surface area contributed by atoms with Gasteiger partial charge in [-0.3, -0.25) is 4.79 Å². The van der Waals surface area contributed by atoms with E-state index in [1.54, 1.807) is 30.3 Å². The Kier molecular flexibility index (Phi) is 8.61. The van der Waals surface area contributed by atoms with Crippen molar-refractivity contribution in [1.29, 1.82) is 0 Å². The second-order valence-corrected chi connectivity index (χ2v) is 8.87. The Morgan fingerprint density at radius 2 is 1.71 bits per heavy atom. The molecular formula is C26H28ClFN2O4. The van der Waals surface area contributed by atoms with Crippen LogP contribution in [0.25, 0.3) is 22.5 Å². The average Bonchev–Trinajstić information content (AvgIpc) is 3.14. The second kappa shape index (κ2) is 11.4. The van der Waals surface area contributed by atoms with E-state index < -0.39 is 24.6 Å². The summed E-state index contributed by atoms with van der Waals surface area (Å²) >= 11 is 6.07. The number of hydrogen-bond acceptors (Lipinski definition) is 4. The van der Waals surface area contributed by atoms with Crippen LogP contribution >= 0.6 is 11.6 Å². The highest BCUT2D eigenvalue weighted by molar-refractivity contribution is 6.30. The van der Waals surface area contributed by atoms with Gasteiger partial charge in [0.2, 0.25) is 0 Å². The molecule has 3 aromatic rings. The Bertz CT molecular complexity index is 1140. The van der Waals surface area contributed by atoms with Crippen molar-refractivity contribution in [3.8, 4) is 22.5 Å². The maximum absolute atomic E-state index is 13.6. The Balaban J connectivity index is 2.00. The van der Waals surface area contributed by atoms with Gasteiger partial charge in [0, 0.05) is 35.0 Å². The monoisotopic (exact) mass is 486 g/mol. The van der Waals surface area contributed by atoms with Crippen LogP contribution < -0.4 is 0 Å². The summed E-state index contributed by atoms with van der Waals surface area (Å²) in [5.74, 6) is -0.567. The molecule has 34 heavy (non-hydrogen) atoms. The van der Waals surface area contributed by atoms with Crippen LogP contribution in [0, 0.1) is 5.82 Å². The average molecular weight is 487 g/mol. The number of carboxylic acids is 1. The summed E-state index contributed by atoms with van der Waals surface area (Å²) < 4.78 is 15.7. The van der Waals surface area contributed by atoms with E-state index in [0.29, 0.717) is 11.6 Å². The first kappa shape index (κ1) is 25.6. The molecule has 2 unspecified atom stereocenters. The maximum Gasteiger partial charge on any atom is 0.305 e. The molecule has 0 radical (unpaired) electrons. The van der Waals surface area contributed by atoms with Gasteiger partial charge in [-0.05, 0) is 36.4 Å². The van der Waals surface area contributed by atoms with Gasteiger partial charge in [-0.15, -0.1) is 0 Å². The molecule has 2 atom stereocenters. The number of aliphatic hydroxyl groups excluding tert-OH is 2. The number of carboxylic acid groups (broad SMARTS) is 1. The van der Waals surface area contributed by atoms with Crippen molar-refractivity contribution in [1.82, 2.24) is 9.55 Å². The third kappa shape index (κ3) is 6.53. The Hall–Kier alpha value is -3.00. The van der Waals surface area contributed by atoms with E-state index >= 15 is 0 Å². The number of aromatic nitrogens is 2. The minimum absolute atomic E-state index is 0.0788. The lowest BCUT2D eigenvalue weighted by molar-refractivity contribution is -0.139. The van der Waals surface area contributed by atoms with Gasteiger partial charge in [-0.1, -0.05) is 49.7 Å². The predicted octanol–water partition coefficient (Wildman–Crippen LogP) is 5.28. The van der Waals surface area contributed by atoms with Crippen LogP contribution in [-0.4, -0.2) is 43.0 Å². The fourth-order valence-corrected chi connectivity index (χ4v) is 3.90. The van der Waals surface area contributed by atoms with Crippen molar-refractivity contribution in [2.45, 2.75) is 51.4 Å². The summed E-state index contributed by atoms with van der Waals surface area (Å²) in [7, 11) is 0. The first-order chi connectivity index (χ1) is 16.2. The van der Waals surface area contributed by atoms with Gasteiger partial charge in [0.1, 0.15) is 11.6 Å². The number of benzene rings is 2. The quantitative estimate of drug-likeness (QED) is 0.339. The number of carbonyl (C=O) groups is 1. The zero-order chi connectivity index (χ0) is 24.8. The van der Waals surface area contributed by atoms with E-state index in [2.05, 4.69) is 0 Å². The number of rotatable bonds is 10. The number of allylic oxidation sites excluding steroid dienone is 1. The van der Waals surface area contributed by atoms with Crippen molar-refractivity contribution in [3.05, 3.63) is 77.3 Å². The summed E-state index contributed by atoms with van der Waals surface area (Å²) in [6, 6.07) is 13.6. The summed E-state index contributed by atoms with van der Waals surface area (Å²) in [4.78, 5) is 15.6. The largest absolute Gasteiger partial charge is 0.481 e. The second-order valence-electron chi connectivity index (χ2n) is 8.43. The molecule has 3 N–H and O–H groups in total. The van der Waals surface area contributed by atoms with Gasteiger partial charge in [-0.2, -0.15) is 0 Å². The van der Waals surface area contributed by atoms with Gasteiger partial charge >= 0.3 is 5.97 Å². The van der Waals surface area contributed by atoms with Crippen LogP contribution in [0.5, 0.6) is 0 Å². The van der Waals surface area contributed by atoms with Crippen LogP contribution in [-0.2, 0) is 11.3 Å². The van der Waals surface area contributed by atoms with Gasteiger partial charge in [0.15, 0.2) is 0 Å². The van der Waals surface area contributed by atoms with Crippen molar-refractivity contribution >= 4 is 17.6 Å². The first-order valence-electron chi connectivity index (χ1n) is 11.0. The molecular weight excluding hydrogens is 459 g/mol. The number of aliphatic hydroxyl groups is 2. The third-order valence-corrected chi connectivity index (χ3v) is 5.57. The van der Waals surface area contributed by atoms with E-state index in [1.165, 1.54) is 18.2 Å². The molecule has 0 fully saturated rings. The van der Waals surface area contributed by atoms with Gasteiger partial charge in [-0.25, -0.2) is 9.37 Å². The molecule has 6 nitrogen and oxygen atoms in total. The van der Waals surface area contributed by atoms with Gasteiger partial charge in [0.05, 0.1) is 30.0 Å². The zero-order valence-electron chi connectivity index (χ0n) is 19.0. The molecule has 1 aromatic heterocycles. The highest BCUT2D eigenvalue weighted by Crippen LogP contribution is 2.35. The molecule has 0 spiro atoms. The number of aliphatic carboxylic acids is 1. The molecule has 0 bridgehead atoms. The lowest BCUT2D eigenvalue weighted by atomic mass is 10.0. The van der Waals surface area contributed by atoms with Crippen molar-refractivity contribution in [3.63, 3.8) is 0 Å². The van der Waals surface area contributed by atoms with Crippen LogP contribution in [0.3, 0.4) is 0 Å². The molecule has 0 aliphatic heterocycles. The summed E-state index contributed by atoms with van der Waals surface area (Å²) in [6.45, 7) is 4.42. The molecule has 0 aliphatic rings. The molecule has 3 rings (SSSR count). The summed E-state index contributed by atoms with van der Waals surface area (Å²) in [5.41, 5.74) is 3.19. The van der Waals surface area contributed by atoms with E-state index in [1.807, 2.05) is 30.5 Å². The van der Waals surface area contributed by atoms with Gasteiger partial charge in [0.25, 0.3) is 0 Å². The van der Waals surface area contributed by atoms with E-state index in [0.717, 1.165) is 28.3 Å². The van der Waals surface area contributed by atoms with Crippen molar-refractivity contribution < 1.29 is 24.5 Å². The highest BCUT2D eigenvalue weighted by Gasteiger charge is 2.21. The van der Waals surface area contributed by atoms with Crippen LogP contribution in [0.1, 0.15) is 38.4 Å². The Morgan fingerprint density at radius 1 is 1.09 bits per heavy atom. The van der Waals surface area contributed by atoms with E-state index in [-0.39, 0.29) is 18.2 Å². The minimum atomic E-state index is -1.14. The molecule has 0 aliphatic carbocycles.